The molecule has 0 saturated heterocycles. The average Bonchev–Trinajstić information content (AvgIpc) is 2.85. The maximum Gasteiger partial charge on any atom is 0.180 e. The highest BCUT2D eigenvalue weighted by Crippen LogP contribution is 2.22. The molecule has 2 rings (SSSR count). The summed E-state index contributed by atoms with van der Waals surface area (Å²) in [5, 5.41) is 2.67. The van der Waals surface area contributed by atoms with Crippen molar-refractivity contribution in [1.82, 2.24) is 9.88 Å². The predicted octanol–water partition coefficient (Wildman–Crippen LogP) is 3.11. The van der Waals surface area contributed by atoms with E-state index >= 15 is 0 Å². The standard InChI is InChI=1S/C11H14ClN3S2/c1-15(6-9-2-3-10(12)17-9)5-4-8-7-16-11(13)14-8/h2-3,7H,4-6H2,1H3,(H2,13,14). The summed E-state index contributed by atoms with van der Waals surface area (Å²) in [5.74, 6) is 0. The van der Waals surface area contributed by atoms with Crippen molar-refractivity contribution in [1.29, 1.82) is 0 Å². The van der Waals surface area contributed by atoms with Gasteiger partial charge in [-0.3, -0.25) is 0 Å². The Hall–Kier alpha value is -0.620. The molecule has 0 aromatic carbocycles. The maximum atomic E-state index is 5.90. The number of anilines is 1. The highest BCUT2D eigenvalue weighted by molar-refractivity contribution is 7.16. The third-order valence-corrected chi connectivity index (χ3v) is 4.31. The molecule has 17 heavy (non-hydrogen) atoms. The molecule has 0 radical (unpaired) electrons. The zero-order chi connectivity index (χ0) is 12.3. The number of hydrogen-bond acceptors (Lipinski definition) is 5. The van der Waals surface area contributed by atoms with Crippen molar-refractivity contribution in [2.45, 2.75) is 13.0 Å². The lowest BCUT2D eigenvalue weighted by Crippen LogP contribution is -2.20. The van der Waals surface area contributed by atoms with Crippen LogP contribution in [0.2, 0.25) is 4.34 Å². The average molecular weight is 288 g/mol. The second kappa shape index (κ2) is 5.82. The van der Waals surface area contributed by atoms with E-state index in [2.05, 4.69) is 23.0 Å². The number of hydrogen-bond donors (Lipinski definition) is 1. The number of nitrogens with two attached hydrogens (primary N) is 1. The first kappa shape index (κ1) is 12.8. The molecule has 2 heterocycles. The number of thiophene rings is 1. The molecule has 0 amide bonds. The molecule has 0 saturated carbocycles. The van der Waals surface area contributed by atoms with Gasteiger partial charge in [0.1, 0.15) is 0 Å². The fraction of sp³-hybridized carbons (Fsp3) is 0.364. The van der Waals surface area contributed by atoms with Gasteiger partial charge in [0.05, 0.1) is 10.0 Å². The topological polar surface area (TPSA) is 42.1 Å². The van der Waals surface area contributed by atoms with E-state index in [0.29, 0.717) is 5.13 Å². The summed E-state index contributed by atoms with van der Waals surface area (Å²) in [6.07, 6.45) is 0.934. The Balaban J connectivity index is 1.79. The Morgan fingerprint density at radius 1 is 1.47 bits per heavy atom. The number of rotatable bonds is 5. The summed E-state index contributed by atoms with van der Waals surface area (Å²) in [7, 11) is 2.10. The molecule has 0 aliphatic carbocycles. The monoisotopic (exact) mass is 287 g/mol. The first-order valence-corrected chi connectivity index (χ1v) is 7.33. The van der Waals surface area contributed by atoms with Crippen LogP contribution in [0.15, 0.2) is 17.5 Å². The minimum atomic E-state index is 0.646. The zero-order valence-electron chi connectivity index (χ0n) is 9.52. The molecule has 0 unspecified atom stereocenters. The quantitative estimate of drug-likeness (QED) is 0.919. The van der Waals surface area contributed by atoms with Gasteiger partial charge in [0.25, 0.3) is 0 Å². The van der Waals surface area contributed by atoms with Crippen molar-refractivity contribution in [2.24, 2.45) is 0 Å². The van der Waals surface area contributed by atoms with E-state index in [0.717, 1.165) is 29.5 Å². The summed E-state index contributed by atoms with van der Waals surface area (Å²) < 4.78 is 0.848. The van der Waals surface area contributed by atoms with E-state index in [-0.39, 0.29) is 0 Å². The van der Waals surface area contributed by atoms with Gasteiger partial charge in [0.2, 0.25) is 0 Å². The Morgan fingerprint density at radius 3 is 2.88 bits per heavy atom. The lowest BCUT2D eigenvalue weighted by atomic mass is 10.3. The van der Waals surface area contributed by atoms with Gasteiger partial charge in [-0.1, -0.05) is 11.6 Å². The maximum absolute atomic E-state index is 5.90. The van der Waals surface area contributed by atoms with Gasteiger partial charge in [-0.25, -0.2) is 4.98 Å². The van der Waals surface area contributed by atoms with Crippen LogP contribution in [0, 0.1) is 0 Å². The minimum Gasteiger partial charge on any atom is -0.375 e. The third-order valence-electron chi connectivity index (χ3n) is 2.37. The van der Waals surface area contributed by atoms with Crippen molar-refractivity contribution < 1.29 is 0 Å². The summed E-state index contributed by atoms with van der Waals surface area (Å²) in [6, 6.07) is 4.01. The second-order valence-electron chi connectivity index (χ2n) is 3.87. The van der Waals surface area contributed by atoms with Gasteiger partial charge in [-0.15, -0.1) is 22.7 Å². The zero-order valence-corrected chi connectivity index (χ0v) is 11.9. The smallest absolute Gasteiger partial charge is 0.180 e. The fourth-order valence-corrected chi connectivity index (χ4v) is 3.29. The van der Waals surface area contributed by atoms with Crippen LogP contribution in [0.5, 0.6) is 0 Å². The largest absolute Gasteiger partial charge is 0.375 e. The molecule has 2 N–H and O–H groups in total. The van der Waals surface area contributed by atoms with E-state index in [9.17, 15) is 0 Å². The number of nitrogens with zero attached hydrogens (tertiary/aromatic N) is 2. The van der Waals surface area contributed by atoms with Crippen LogP contribution in [-0.4, -0.2) is 23.5 Å². The van der Waals surface area contributed by atoms with Crippen LogP contribution in [0.1, 0.15) is 10.6 Å². The number of thiazole rings is 1. The molecule has 2 aromatic rings. The summed E-state index contributed by atoms with van der Waals surface area (Å²) in [5.41, 5.74) is 6.66. The van der Waals surface area contributed by atoms with Crippen LogP contribution >= 0.6 is 34.3 Å². The highest BCUT2D eigenvalue weighted by atomic mass is 35.5. The van der Waals surface area contributed by atoms with Gasteiger partial charge in [-0.2, -0.15) is 0 Å². The van der Waals surface area contributed by atoms with Crippen LogP contribution < -0.4 is 5.73 Å². The van der Waals surface area contributed by atoms with Crippen LogP contribution in [-0.2, 0) is 13.0 Å². The first-order chi connectivity index (χ1) is 8.13. The Morgan fingerprint density at radius 2 is 2.29 bits per heavy atom. The van der Waals surface area contributed by atoms with Crippen LogP contribution in [0.3, 0.4) is 0 Å². The highest BCUT2D eigenvalue weighted by Gasteiger charge is 2.05. The van der Waals surface area contributed by atoms with Crippen LogP contribution in [0.4, 0.5) is 5.13 Å². The van der Waals surface area contributed by atoms with Gasteiger partial charge < -0.3 is 10.6 Å². The lowest BCUT2D eigenvalue weighted by Gasteiger charge is -2.14. The molecular weight excluding hydrogens is 274 g/mol. The summed E-state index contributed by atoms with van der Waals surface area (Å²) in [4.78, 5) is 7.79. The third kappa shape index (κ3) is 3.96. The first-order valence-electron chi connectivity index (χ1n) is 5.26. The SMILES string of the molecule is CN(CCc1csc(N)n1)Cc1ccc(Cl)s1. The summed E-state index contributed by atoms with van der Waals surface area (Å²) in [6.45, 7) is 1.90. The van der Waals surface area contributed by atoms with Gasteiger partial charge in [-0.05, 0) is 19.2 Å². The van der Waals surface area contributed by atoms with Crippen molar-refractivity contribution in [2.75, 3.05) is 19.3 Å². The molecule has 0 aliphatic heterocycles. The minimum absolute atomic E-state index is 0.646. The van der Waals surface area contributed by atoms with E-state index in [1.165, 1.54) is 16.2 Å². The molecule has 0 bridgehead atoms. The van der Waals surface area contributed by atoms with E-state index in [1.807, 2.05) is 11.4 Å². The van der Waals surface area contributed by atoms with Crippen molar-refractivity contribution in [3.05, 3.63) is 32.4 Å². The van der Waals surface area contributed by atoms with E-state index < -0.39 is 0 Å². The Labute approximate surface area is 114 Å². The van der Waals surface area contributed by atoms with Crippen molar-refractivity contribution >= 4 is 39.4 Å². The van der Waals surface area contributed by atoms with Gasteiger partial charge in [0.15, 0.2) is 5.13 Å². The van der Waals surface area contributed by atoms with Crippen molar-refractivity contribution in [3.63, 3.8) is 0 Å². The predicted molar refractivity (Wildman–Crippen MR) is 75.9 cm³/mol. The second-order valence-corrected chi connectivity index (χ2v) is 6.56. The lowest BCUT2D eigenvalue weighted by molar-refractivity contribution is 0.333. The molecule has 3 nitrogen and oxygen atoms in total. The molecule has 0 atom stereocenters. The number of nitrogen functional groups attached to an aromatic ring is 1. The van der Waals surface area contributed by atoms with Gasteiger partial charge >= 0.3 is 0 Å². The number of aromatic nitrogens is 1. The van der Waals surface area contributed by atoms with Gasteiger partial charge in [0, 0.05) is 29.8 Å². The molecule has 0 spiro atoms. The summed E-state index contributed by atoms with van der Waals surface area (Å²) >= 11 is 9.03. The molecule has 92 valence electrons. The van der Waals surface area contributed by atoms with E-state index in [1.54, 1.807) is 11.3 Å². The normalized spacial score (nSPS) is 11.2. The Kier molecular flexibility index (Phi) is 4.39. The Bertz CT molecular complexity index is 481. The molecule has 2 aromatic heterocycles. The van der Waals surface area contributed by atoms with Crippen molar-refractivity contribution in [3.8, 4) is 0 Å². The molecular formula is C11H14ClN3S2. The number of likely N-dealkylation sites (N-methyl/N-ethyl adjacent to an activating group) is 1. The number of halogens is 1. The van der Waals surface area contributed by atoms with E-state index in [4.69, 9.17) is 17.3 Å². The molecule has 0 aliphatic rings. The molecule has 0 fully saturated rings. The fourth-order valence-electron chi connectivity index (χ4n) is 1.52. The van der Waals surface area contributed by atoms with Crippen LogP contribution in [0.25, 0.3) is 0 Å². The molecule has 6 heteroatoms.